The van der Waals surface area contributed by atoms with E-state index in [1.807, 2.05) is 0 Å². The zero-order valence-electron chi connectivity index (χ0n) is 10.5. The Morgan fingerprint density at radius 3 is 2.81 bits per heavy atom. The summed E-state index contributed by atoms with van der Waals surface area (Å²) >= 11 is 0. The number of benzene rings is 1. The monoisotopic (exact) mass is 215 g/mol. The highest BCUT2D eigenvalue weighted by molar-refractivity contribution is 5.66. The van der Waals surface area contributed by atoms with Crippen LogP contribution in [-0.2, 0) is 12.0 Å². The Morgan fingerprint density at radius 1 is 1.31 bits per heavy atom. The number of fused-ring (bicyclic) bond motifs is 1. The molecule has 0 amide bonds. The molecule has 0 bridgehead atoms. The van der Waals surface area contributed by atoms with Crippen LogP contribution >= 0.6 is 0 Å². The maximum absolute atomic E-state index is 4.75. The minimum atomic E-state index is 0.0130. The first kappa shape index (κ1) is 11.4. The van der Waals surface area contributed by atoms with Gasteiger partial charge in [-0.25, -0.2) is 0 Å². The van der Waals surface area contributed by atoms with E-state index in [4.69, 9.17) is 4.99 Å². The molecule has 1 heterocycles. The summed E-state index contributed by atoms with van der Waals surface area (Å²) in [6.45, 7) is 6.83. The fourth-order valence-corrected chi connectivity index (χ4v) is 2.41. The van der Waals surface area contributed by atoms with Crippen LogP contribution in [0.4, 0.5) is 0 Å². The predicted octanol–water partition coefficient (Wildman–Crippen LogP) is 3.96. The van der Waals surface area contributed by atoms with Crippen LogP contribution in [0.1, 0.15) is 44.7 Å². The minimum absolute atomic E-state index is 0.0130. The van der Waals surface area contributed by atoms with Gasteiger partial charge in [0, 0.05) is 12.6 Å². The lowest BCUT2D eigenvalue weighted by Crippen LogP contribution is -2.25. The van der Waals surface area contributed by atoms with E-state index in [9.17, 15) is 0 Å². The molecule has 0 saturated carbocycles. The van der Waals surface area contributed by atoms with E-state index < -0.39 is 0 Å². The average Bonchev–Trinajstić information content (AvgIpc) is 2.27. The molecule has 1 aliphatic rings. The number of hydrogen-bond donors (Lipinski definition) is 0. The van der Waals surface area contributed by atoms with Gasteiger partial charge in [0.2, 0.25) is 0 Å². The van der Waals surface area contributed by atoms with Gasteiger partial charge < -0.3 is 0 Å². The molecule has 86 valence electrons. The predicted molar refractivity (Wildman–Crippen MR) is 70.1 cm³/mol. The van der Waals surface area contributed by atoms with Gasteiger partial charge in [-0.05, 0) is 36.8 Å². The standard InChI is InChI=1S/C15H21N/c1-12(2)8-10-15(3)14-7-5-4-6-13(14)9-11-16-15/h4-7,11-12H,8-10H2,1-3H3. The maximum atomic E-state index is 4.75. The molecule has 1 nitrogen and oxygen atoms in total. The van der Waals surface area contributed by atoms with E-state index in [-0.39, 0.29) is 5.54 Å². The van der Waals surface area contributed by atoms with Crippen molar-refractivity contribution >= 4 is 6.21 Å². The quantitative estimate of drug-likeness (QED) is 0.723. The summed E-state index contributed by atoms with van der Waals surface area (Å²) in [6.07, 6.45) is 5.47. The fraction of sp³-hybridized carbons (Fsp3) is 0.533. The van der Waals surface area contributed by atoms with E-state index in [0.717, 1.165) is 18.8 Å². The normalized spacial score (nSPS) is 23.5. The first-order valence-electron chi connectivity index (χ1n) is 6.24. The Balaban J connectivity index is 2.26. The van der Waals surface area contributed by atoms with Crippen LogP contribution < -0.4 is 0 Å². The molecule has 0 saturated heterocycles. The Hall–Kier alpha value is -1.11. The van der Waals surface area contributed by atoms with Crippen molar-refractivity contribution in [2.45, 2.75) is 45.6 Å². The molecule has 1 unspecified atom stereocenters. The second kappa shape index (κ2) is 4.40. The van der Waals surface area contributed by atoms with Gasteiger partial charge >= 0.3 is 0 Å². The van der Waals surface area contributed by atoms with E-state index in [1.165, 1.54) is 17.5 Å². The number of hydrogen-bond acceptors (Lipinski definition) is 1. The Morgan fingerprint density at radius 2 is 2.06 bits per heavy atom. The number of rotatable bonds is 3. The topological polar surface area (TPSA) is 12.4 Å². The molecule has 1 aliphatic heterocycles. The molecule has 0 N–H and O–H groups in total. The number of aliphatic imine (C=N–C) groups is 1. The second-order valence-corrected chi connectivity index (χ2v) is 5.38. The lowest BCUT2D eigenvalue weighted by atomic mass is 9.81. The molecule has 1 aromatic rings. The molecule has 0 aromatic heterocycles. The third kappa shape index (κ3) is 2.18. The van der Waals surface area contributed by atoms with Crippen molar-refractivity contribution in [1.82, 2.24) is 0 Å². The van der Waals surface area contributed by atoms with Crippen LogP contribution in [0.25, 0.3) is 0 Å². The van der Waals surface area contributed by atoms with Gasteiger partial charge in [0.25, 0.3) is 0 Å². The fourth-order valence-electron chi connectivity index (χ4n) is 2.41. The Labute approximate surface area is 98.6 Å². The summed E-state index contributed by atoms with van der Waals surface area (Å²) in [5.74, 6) is 0.751. The first-order valence-corrected chi connectivity index (χ1v) is 6.24. The van der Waals surface area contributed by atoms with Crippen LogP contribution in [0, 0.1) is 5.92 Å². The molecule has 16 heavy (non-hydrogen) atoms. The molecule has 0 aliphatic carbocycles. The van der Waals surface area contributed by atoms with Gasteiger partial charge in [-0.3, -0.25) is 4.99 Å². The van der Waals surface area contributed by atoms with Crippen molar-refractivity contribution in [1.29, 1.82) is 0 Å². The largest absolute Gasteiger partial charge is 0.286 e. The summed E-state index contributed by atoms with van der Waals surface area (Å²) in [7, 11) is 0. The Bertz CT molecular complexity index is 392. The third-order valence-corrected chi connectivity index (χ3v) is 3.49. The smallest absolute Gasteiger partial charge is 0.0827 e. The summed E-state index contributed by atoms with van der Waals surface area (Å²) in [4.78, 5) is 4.75. The van der Waals surface area contributed by atoms with Gasteiger partial charge in [-0.1, -0.05) is 38.1 Å². The van der Waals surface area contributed by atoms with Crippen LogP contribution in [0.3, 0.4) is 0 Å². The summed E-state index contributed by atoms with van der Waals surface area (Å²) in [5.41, 5.74) is 2.89. The van der Waals surface area contributed by atoms with E-state index >= 15 is 0 Å². The molecule has 1 heteroatoms. The highest BCUT2D eigenvalue weighted by Crippen LogP contribution is 2.36. The maximum Gasteiger partial charge on any atom is 0.0827 e. The highest BCUT2D eigenvalue weighted by Gasteiger charge is 2.29. The lowest BCUT2D eigenvalue weighted by Gasteiger charge is -2.31. The van der Waals surface area contributed by atoms with Gasteiger partial charge in [0.1, 0.15) is 0 Å². The van der Waals surface area contributed by atoms with E-state index in [2.05, 4.69) is 51.3 Å². The third-order valence-electron chi connectivity index (χ3n) is 3.49. The van der Waals surface area contributed by atoms with Crippen molar-refractivity contribution in [2.75, 3.05) is 0 Å². The van der Waals surface area contributed by atoms with Gasteiger partial charge in [-0.2, -0.15) is 0 Å². The summed E-state index contributed by atoms with van der Waals surface area (Å²) < 4.78 is 0. The molecular weight excluding hydrogens is 194 g/mol. The molecule has 0 radical (unpaired) electrons. The number of nitrogens with zero attached hydrogens (tertiary/aromatic N) is 1. The van der Waals surface area contributed by atoms with Crippen molar-refractivity contribution in [3.05, 3.63) is 35.4 Å². The van der Waals surface area contributed by atoms with Crippen molar-refractivity contribution in [2.24, 2.45) is 10.9 Å². The highest BCUT2D eigenvalue weighted by atomic mass is 14.9. The molecule has 0 fully saturated rings. The van der Waals surface area contributed by atoms with E-state index in [0.29, 0.717) is 0 Å². The van der Waals surface area contributed by atoms with Crippen LogP contribution in [0.15, 0.2) is 29.3 Å². The molecule has 0 spiro atoms. The van der Waals surface area contributed by atoms with Crippen LogP contribution in [0.5, 0.6) is 0 Å². The first-order chi connectivity index (χ1) is 7.62. The Kier molecular flexibility index (Phi) is 3.13. The zero-order chi connectivity index (χ0) is 11.6. The molecule has 1 atom stereocenters. The van der Waals surface area contributed by atoms with Crippen LogP contribution in [0.2, 0.25) is 0 Å². The van der Waals surface area contributed by atoms with Gasteiger partial charge in [-0.15, -0.1) is 0 Å². The molecular formula is C15H21N. The van der Waals surface area contributed by atoms with Crippen molar-refractivity contribution in [3.63, 3.8) is 0 Å². The van der Waals surface area contributed by atoms with Gasteiger partial charge in [0.15, 0.2) is 0 Å². The second-order valence-electron chi connectivity index (χ2n) is 5.38. The average molecular weight is 215 g/mol. The van der Waals surface area contributed by atoms with Crippen LogP contribution in [-0.4, -0.2) is 6.21 Å². The summed E-state index contributed by atoms with van der Waals surface area (Å²) in [5, 5.41) is 0. The van der Waals surface area contributed by atoms with Gasteiger partial charge in [0.05, 0.1) is 5.54 Å². The lowest BCUT2D eigenvalue weighted by molar-refractivity contribution is 0.395. The molecule has 1 aromatic carbocycles. The van der Waals surface area contributed by atoms with E-state index in [1.54, 1.807) is 0 Å². The summed E-state index contributed by atoms with van der Waals surface area (Å²) in [6, 6.07) is 8.73. The minimum Gasteiger partial charge on any atom is -0.286 e. The zero-order valence-corrected chi connectivity index (χ0v) is 10.5. The SMILES string of the molecule is CC(C)CCC1(C)N=CCc2ccccc21. The van der Waals surface area contributed by atoms with Crippen molar-refractivity contribution in [3.8, 4) is 0 Å². The molecule has 2 rings (SSSR count). The van der Waals surface area contributed by atoms with Crippen molar-refractivity contribution < 1.29 is 0 Å².